The Morgan fingerprint density at radius 3 is 3.00 bits per heavy atom. The molecule has 1 heterocycles. The molecular weight excluding hydrogens is 292 g/mol. The van der Waals surface area contributed by atoms with Crippen molar-refractivity contribution in [2.75, 3.05) is 0 Å². The van der Waals surface area contributed by atoms with Gasteiger partial charge in [-0.1, -0.05) is 27.5 Å². The maximum atomic E-state index is 6.03. The molecule has 0 bridgehead atoms. The van der Waals surface area contributed by atoms with Gasteiger partial charge in [-0.05, 0) is 47.2 Å². The summed E-state index contributed by atoms with van der Waals surface area (Å²) in [5.74, 6) is 0. The SMILES string of the molecule is Clc1ccc2sc3c(c2c1)C=C(Br)CC3. The minimum atomic E-state index is 0.818. The van der Waals surface area contributed by atoms with Crippen molar-refractivity contribution in [3.63, 3.8) is 0 Å². The molecule has 0 saturated heterocycles. The van der Waals surface area contributed by atoms with E-state index in [0.29, 0.717) is 0 Å². The third kappa shape index (κ3) is 1.65. The first-order chi connectivity index (χ1) is 7.24. The van der Waals surface area contributed by atoms with E-state index < -0.39 is 0 Å². The van der Waals surface area contributed by atoms with Gasteiger partial charge in [-0.15, -0.1) is 11.3 Å². The van der Waals surface area contributed by atoms with Crippen molar-refractivity contribution in [3.8, 4) is 0 Å². The standard InChI is InChI=1S/C12H8BrClS/c13-7-1-3-11-9(5-7)10-6-8(14)2-4-12(10)15-11/h2,4-6H,1,3H2. The molecule has 2 aromatic rings. The molecule has 0 nitrogen and oxygen atoms in total. The Labute approximate surface area is 106 Å². The molecule has 0 radical (unpaired) electrons. The molecule has 0 saturated carbocycles. The van der Waals surface area contributed by atoms with Gasteiger partial charge < -0.3 is 0 Å². The zero-order valence-corrected chi connectivity index (χ0v) is 11.0. The third-order valence-corrected chi connectivity index (χ3v) is 4.76. The lowest BCUT2D eigenvalue weighted by atomic mass is 10.0. The lowest BCUT2D eigenvalue weighted by molar-refractivity contribution is 1.01. The molecule has 0 amide bonds. The van der Waals surface area contributed by atoms with Gasteiger partial charge in [0.05, 0.1) is 0 Å². The van der Waals surface area contributed by atoms with Gasteiger partial charge in [0, 0.05) is 20.0 Å². The molecule has 0 aliphatic heterocycles. The average molecular weight is 300 g/mol. The lowest BCUT2D eigenvalue weighted by Gasteiger charge is -2.07. The largest absolute Gasteiger partial charge is 0.140 e. The predicted octanol–water partition coefficient (Wildman–Crippen LogP) is 5.24. The molecule has 3 rings (SSSR count). The van der Waals surface area contributed by atoms with E-state index >= 15 is 0 Å². The van der Waals surface area contributed by atoms with Crippen LogP contribution in [-0.2, 0) is 6.42 Å². The highest BCUT2D eigenvalue weighted by Gasteiger charge is 2.15. The molecule has 76 valence electrons. The normalized spacial score (nSPS) is 15.2. The fourth-order valence-corrected chi connectivity index (χ4v) is 3.71. The summed E-state index contributed by atoms with van der Waals surface area (Å²) in [6, 6.07) is 6.14. The molecule has 0 fully saturated rings. The van der Waals surface area contributed by atoms with E-state index in [1.165, 1.54) is 25.0 Å². The third-order valence-electron chi connectivity index (χ3n) is 2.66. The molecule has 1 aliphatic carbocycles. The molecular formula is C12H8BrClS. The number of halogens is 2. The maximum Gasteiger partial charge on any atom is 0.0413 e. The maximum absolute atomic E-state index is 6.03. The smallest absolute Gasteiger partial charge is 0.0413 e. The van der Waals surface area contributed by atoms with Crippen LogP contribution in [0.2, 0.25) is 5.02 Å². The lowest BCUT2D eigenvalue weighted by Crippen LogP contribution is -1.90. The van der Waals surface area contributed by atoms with Crippen LogP contribution in [0, 0.1) is 0 Å². The van der Waals surface area contributed by atoms with E-state index in [2.05, 4.69) is 34.1 Å². The number of thiophene rings is 1. The summed E-state index contributed by atoms with van der Waals surface area (Å²) in [6.07, 6.45) is 4.49. The Hall–Kier alpha value is -0.310. The second-order valence-corrected chi connectivity index (χ2v) is 6.26. The van der Waals surface area contributed by atoms with Crippen LogP contribution in [0.5, 0.6) is 0 Å². The van der Waals surface area contributed by atoms with Gasteiger partial charge >= 0.3 is 0 Å². The van der Waals surface area contributed by atoms with Gasteiger partial charge in [0.15, 0.2) is 0 Å². The Bertz CT molecular complexity index is 568. The second-order valence-electron chi connectivity index (χ2n) is 3.67. The van der Waals surface area contributed by atoms with Crippen LogP contribution < -0.4 is 0 Å². The van der Waals surface area contributed by atoms with Crippen molar-refractivity contribution in [2.24, 2.45) is 0 Å². The summed E-state index contributed by atoms with van der Waals surface area (Å²) in [7, 11) is 0. The molecule has 0 spiro atoms. The molecule has 0 N–H and O–H groups in total. The highest BCUT2D eigenvalue weighted by Crippen LogP contribution is 2.39. The number of hydrogen-bond donors (Lipinski definition) is 0. The van der Waals surface area contributed by atoms with E-state index in [4.69, 9.17) is 11.6 Å². The summed E-state index contributed by atoms with van der Waals surface area (Å²) < 4.78 is 2.62. The number of allylic oxidation sites excluding steroid dienone is 1. The van der Waals surface area contributed by atoms with Crippen molar-refractivity contribution >= 4 is 55.0 Å². The molecule has 15 heavy (non-hydrogen) atoms. The fourth-order valence-electron chi connectivity index (χ4n) is 1.95. The number of benzene rings is 1. The van der Waals surface area contributed by atoms with Gasteiger partial charge in [0.1, 0.15) is 0 Å². The Kier molecular flexibility index (Phi) is 2.38. The van der Waals surface area contributed by atoms with Crippen LogP contribution in [0.15, 0.2) is 22.7 Å². The van der Waals surface area contributed by atoms with Gasteiger partial charge in [-0.2, -0.15) is 0 Å². The molecule has 1 aliphatic rings. The number of hydrogen-bond acceptors (Lipinski definition) is 1. The van der Waals surface area contributed by atoms with Crippen molar-refractivity contribution < 1.29 is 0 Å². The second kappa shape index (κ2) is 3.62. The van der Waals surface area contributed by atoms with Crippen molar-refractivity contribution in [1.29, 1.82) is 0 Å². The minimum absolute atomic E-state index is 0.818. The van der Waals surface area contributed by atoms with E-state index in [0.717, 1.165) is 17.9 Å². The highest BCUT2D eigenvalue weighted by molar-refractivity contribution is 9.11. The van der Waals surface area contributed by atoms with Crippen LogP contribution in [0.25, 0.3) is 16.2 Å². The van der Waals surface area contributed by atoms with E-state index in [1.807, 2.05) is 17.4 Å². The summed E-state index contributed by atoms with van der Waals surface area (Å²) in [4.78, 5) is 1.48. The molecule has 0 unspecified atom stereocenters. The first-order valence-electron chi connectivity index (χ1n) is 4.81. The summed E-state index contributed by atoms with van der Waals surface area (Å²) in [6.45, 7) is 0. The molecule has 3 heteroatoms. The van der Waals surface area contributed by atoms with Crippen LogP contribution in [0.1, 0.15) is 16.9 Å². The first kappa shape index (κ1) is 9.88. The van der Waals surface area contributed by atoms with Gasteiger partial charge in [0.2, 0.25) is 0 Å². The Balaban J connectivity index is 2.36. The summed E-state index contributed by atoms with van der Waals surface area (Å²) in [5, 5.41) is 2.11. The predicted molar refractivity (Wildman–Crippen MR) is 72.1 cm³/mol. The summed E-state index contributed by atoms with van der Waals surface area (Å²) >= 11 is 11.5. The fraction of sp³-hybridized carbons (Fsp3) is 0.167. The number of aryl methyl sites for hydroxylation is 1. The van der Waals surface area contributed by atoms with E-state index in [1.54, 1.807) is 0 Å². The topological polar surface area (TPSA) is 0 Å². The quantitative estimate of drug-likeness (QED) is 0.624. The van der Waals surface area contributed by atoms with Crippen LogP contribution in [0.3, 0.4) is 0 Å². The van der Waals surface area contributed by atoms with Crippen molar-refractivity contribution in [3.05, 3.63) is 38.1 Å². The van der Waals surface area contributed by atoms with Gasteiger partial charge in [-0.3, -0.25) is 0 Å². The minimum Gasteiger partial charge on any atom is -0.140 e. The molecule has 1 aromatic heterocycles. The van der Waals surface area contributed by atoms with Crippen molar-refractivity contribution in [1.82, 2.24) is 0 Å². The summed E-state index contributed by atoms with van der Waals surface area (Å²) in [5.41, 5.74) is 1.36. The molecule has 1 aromatic carbocycles. The Morgan fingerprint density at radius 1 is 1.27 bits per heavy atom. The van der Waals surface area contributed by atoms with E-state index in [-0.39, 0.29) is 0 Å². The number of rotatable bonds is 0. The highest BCUT2D eigenvalue weighted by atomic mass is 79.9. The van der Waals surface area contributed by atoms with Gasteiger partial charge in [-0.25, -0.2) is 0 Å². The Morgan fingerprint density at radius 2 is 2.13 bits per heavy atom. The zero-order chi connectivity index (χ0) is 10.4. The van der Waals surface area contributed by atoms with Crippen LogP contribution >= 0.6 is 38.9 Å². The average Bonchev–Trinajstić information content (AvgIpc) is 2.56. The monoisotopic (exact) mass is 298 g/mol. The van der Waals surface area contributed by atoms with E-state index in [9.17, 15) is 0 Å². The van der Waals surface area contributed by atoms with Crippen LogP contribution in [0.4, 0.5) is 0 Å². The van der Waals surface area contributed by atoms with Gasteiger partial charge in [0.25, 0.3) is 0 Å². The first-order valence-corrected chi connectivity index (χ1v) is 6.80. The van der Waals surface area contributed by atoms with Crippen LogP contribution in [-0.4, -0.2) is 0 Å². The molecule has 0 atom stereocenters. The number of fused-ring (bicyclic) bond motifs is 3. The zero-order valence-electron chi connectivity index (χ0n) is 7.89. The van der Waals surface area contributed by atoms with Crippen molar-refractivity contribution in [2.45, 2.75) is 12.8 Å².